The van der Waals surface area contributed by atoms with Crippen LogP contribution in [0.15, 0.2) is 30.3 Å². The summed E-state index contributed by atoms with van der Waals surface area (Å²) < 4.78 is 40.0. The molecule has 110 valence electrons. The summed E-state index contributed by atoms with van der Waals surface area (Å²) in [6, 6.07) is 7.08. The second-order valence-electron chi connectivity index (χ2n) is 5.22. The lowest BCUT2D eigenvalue weighted by Gasteiger charge is -2.09. The summed E-state index contributed by atoms with van der Waals surface area (Å²) in [7, 11) is 0. The highest BCUT2D eigenvalue weighted by Gasteiger charge is 2.20. The van der Waals surface area contributed by atoms with E-state index in [2.05, 4.69) is 5.32 Å². The Morgan fingerprint density at radius 3 is 2.33 bits per heavy atom. The first-order valence-electron chi connectivity index (χ1n) is 6.71. The van der Waals surface area contributed by atoms with Gasteiger partial charge in [0.25, 0.3) is 0 Å². The SMILES string of the molecule is Fc1cc(F)c(-c2ccc(CNC3CC3)cc2Cl)cc1F. The molecule has 1 N–H and O–H groups in total. The molecule has 0 bridgehead atoms. The van der Waals surface area contributed by atoms with E-state index in [4.69, 9.17) is 11.6 Å². The summed E-state index contributed by atoms with van der Waals surface area (Å²) in [6.07, 6.45) is 2.37. The Kier molecular flexibility index (Phi) is 3.91. The number of benzene rings is 2. The normalized spacial score (nSPS) is 14.5. The molecule has 0 atom stereocenters. The summed E-state index contributed by atoms with van der Waals surface area (Å²) in [5.74, 6) is -3.14. The van der Waals surface area contributed by atoms with E-state index < -0.39 is 17.5 Å². The second-order valence-corrected chi connectivity index (χ2v) is 5.62. The van der Waals surface area contributed by atoms with Gasteiger partial charge in [0.1, 0.15) is 5.82 Å². The Morgan fingerprint density at radius 2 is 1.67 bits per heavy atom. The van der Waals surface area contributed by atoms with Gasteiger partial charge in [0.05, 0.1) is 0 Å². The molecule has 3 rings (SSSR count). The zero-order valence-electron chi connectivity index (χ0n) is 11.1. The lowest BCUT2D eigenvalue weighted by molar-refractivity contribution is 0.496. The van der Waals surface area contributed by atoms with E-state index in [1.807, 2.05) is 0 Å². The van der Waals surface area contributed by atoms with Gasteiger partial charge in [0.2, 0.25) is 0 Å². The van der Waals surface area contributed by atoms with Gasteiger partial charge in [-0.05, 0) is 30.5 Å². The van der Waals surface area contributed by atoms with Crippen molar-refractivity contribution in [2.24, 2.45) is 0 Å². The summed E-state index contributed by atoms with van der Waals surface area (Å²) in [4.78, 5) is 0. The lowest BCUT2D eigenvalue weighted by Crippen LogP contribution is -2.15. The molecule has 2 aromatic carbocycles. The maximum absolute atomic E-state index is 13.8. The van der Waals surface area contributed by atoms with Crippen LogP contribution in [0.3, 0.4) is 0 Å². The standard InChI is InChI=1S/C16H13ClF3N/c17-13-5-9(8-21-10-2-3-10)1-4-11(13)12-6-15(19)16(20)7-14(12)18/h1,4-7,10,21H,2-3,8H2. The van der Waals surface area contributed by atoms with Gasteiger partial charge < -0.3 is 5.32 Å². The van der Waals surface area contributed by atoms with E-state index in [-0.39, 0.29) is 5.56 Å². The lowest BCUT2D eigenvalue weighted by atomic mass is 10.0. The predicted molar refractivity (Wildman–Crippen MR) is 76.6 cm³/mol. The highest BCUT2D eigenvalue weighted by Crippen LogP contribution is 2.32. The zero-order valence-corrected chi connectivity index (χ0v) is 11.9. The average Bonchev–Trinajstić information content (AvgIpc) is 3.25. The molecule has 0 radical (unpaired) electrons. The topological polar surface area (TPSA) is 12.0 Å². The van der Waals surface area contributed by atoms with Crippen molar-refractivity contribution >= 4 is 11.6 Å². The van der Waals surface area contributed by atoms with Crippen molar-refractivity contribution in [2.75, 3.05) is 0 Å². The summed E-state index contributed by atoms with van der Waals surface area (Å²) in [6.45, 7) is 0.685. The van der Waals surface area contributed by atoms with Crippen LogP contribution < -0.4 is 5.32 Å². The van der Waals surface area contributed by atoms with E-state index in [0.717, 1.165) is 11.6 Å². The minimum absolute atomic E-state index is 0.0411. The molecule has 0 aliphatic heterocycles. The fraction of sp³-hybridized carbons (Fsp3) is 0.250. The average molecular weight is 312 g/mol. The van der Waals surface area contributed by atoms with Gasteiger partial charge in [-0.2, -0.15) is 0 Å². The molecule has 0 aromatic heterocycles. The van der Waals surface area contributed by atoms with E-state index >= 15 is 0 Å². The molecule has 21 heavy (non-hydrogen) atoms. The first-order valence-corrected chi connectivity index (χ1v) is 7.09. The predicted octanol–water partition coefficient (Wildman–Crippen LogP) is 4.68. The molecule has 1 aliphatic rings. The molecular weight excluding hydrogens is 299 g/mol. The van der Waals surface area contributed by atoms with Crippen LogP contribution in [0.25, 0.3) is 11.1 Å². The van der Waals surface area contributed by atoms with Gasteiger partial charge in [-0.25, -0.2) is 13.2 Å². The van der Waals surface area contributed by atoms with Crippen LogP contribution in [0.2, 0.25) is 5.02 Å². The van der Waals surface area contributed by atoms with Gasteiger partial charge >= 0.3 is 0 Å². The monoisotopic (exact) mass is 311 g/mol. The van der Waals surface area contributed by atoms with Gasteiger partial charge in [-0.1, -0.05) is 23.7 Å². The van der Waals surface area contributed by atoms with Gasteiger partial charge in [0, 0.05) is 34.8 Å². The van der Waals surface area contributed by atoms with Gasteiger partial charge in [-0.3, -0.25) is 0 Å². The molecule has 1 aliphatic carbocycles. The zero-order chi connectivity index (χ0) is 15.0. The molecule has 5 heteroatoms. The summed E-state index contributed by atoms with van der Waals surface area (Å²) in [5.41, 5.74) is 1.28. The molecule has 0 heterocycles. The van der Waals surface area contributed by atoms with Crippen molar-refractivity contribution in [1.29, 1.82) is 0 Å². The van der Waals surface area contributed by atoms with Gasteiger partial charge in [0.15, 0.2) is 11.6 Å². The molecule has 1 nitrogen and oxygen atoms in total. The molecule has 0 unspecified atom stereocenters. The van der Waals surface area contributed by atoms with E-state index in [1.54, 1.807) is 18.2 Å². The number of nitrogens with one attached hydrogen (secondary N) is 1. The third kappa shape index (κ3) is 3.22. The van der Waals surface area contributed by atoms with E-state index in [1.165, 1.54) is 12.8 Å². The fourth-order valence-corrected chi connectivity index (χ4v) is 2.47. The van der Waals surface area contributed by atoms with Crippen LogP contribution in [0, 0.1) is 17.5 Å². The van der Waals surface area contributed by atoms with Crippen molar-refractivity contribution in [2.45, 2.75) is 25.4 Å². The maximum Gasteiger partial charge on any atom is 0.161 e. The molecule has 0 amide bonds. The Balaban J connectivity index is 1.89. The third-order valence-electron chi connectivity index (χ3n) is 3.51. The van der Waals surface area contributed by atoms with Crippen LogP contribution in [0.4, 0.5) is 13.2 Å². The summed E-state index contributed by atoms with van der Waals surface area (Å²) >= 11 is 6.15. The first-order chi connectivity index (χ1) is 10.0. The molecule has 0 spiro atoms. The highest BCUT2D eigenvalue weighted by molar-refractivity contribution is 6.33. The number of rotatable bonds is 4. The largest absolute Gasteiger partial charge is 0.310 e. The minimum atomic E-state index is -1.21. The van der Waals surface area contributed by atoms with Crippen molar-refractivity contribution in [3.8, 4) is 11.1 Å². The fourth-order valence-electron chi connectivity index (χ4n) is 2.17. The molecular formula is C16H13ClF3N. The van der Waals surface area contributed by atoms with Crippen LogP contribution in [-0.2, 0) is 6.54 Å². The molecule has 2 aromatic rings. The van der Waals surface area contributed by atoms with Crippen LogP contribution in [-0.4, -0.2) is 6.04 Å². The smallest absolute Gasteiger partial charge is 0.161 e. The first kappa shape index (κ1) is 14.4. The second kappa shape index (κ2) is 5.70. The highest BCUT2D eigenvalue weighted by atomic mass is 35.5. The van der Waals surface area contributed by atoms with Crippen LogP contribution in [0.1, 0.15) is 18.4 Å². The summed E-state index contributed by atoms with van der Waals surface area (Å²) in [5, 5.41) is 3.66. The number of hydrogen-bond acceptors (Lipinski definition) is 1. The third-order valence-corrected chi connectivity index (χ3v) is 3.82. The van der Waals surface area contributed by atoms with E-state index in [0.29, 0.717) is 29.2 Å². The van der Waals surface area contributed by atoms with Crippen molar-refractivity contribution in [3.63, 3.8) is 0 Å². The van der Waals surface area contributed by atoms with Crippen molar-refractivity contribution < 1.29 is 13.2 Å². The van der Waals surface area contributed by atoms with Crippen LogP contribution in [0.5, 0.6) is 0 Å². The number of hydrogen-bond donors (Lipinski definition) is 1. The van der Waals surface area contributed by atoms with Crippen LogP contribution >= 0.6 is 11.6 Å². The molecule has 0 saturated heterocycles. The molecule has 1 fully saturated rings. The molecule has 1 saturated carbocycles. The Bertz CT molecular complexity index is 683. The van der Waals surface area contributed by atoms with Crippen molar-refractivity contribution in [1.82, 2.24) is 5.32 Å². The van der Waals surface area contributed by atoms with Gasteiger partial charge in [-0.15, -0.1) is 0 Å². The van der Waals surface area contributed by atoms with Crippen molar-refractivity contribution in [3.05, 3.63) is 58.4 Å². The Hall–Kier alpha value is -1.52. The maximum atomic E-state index is 13.8. The quantitative estimate of drug-likeness (QED) is 0.809. The Labute approximate surface area is 125 Å². The minimum Gasteiger partial charge on any atom is -0.310 e. The number of halogens is 4. The Morgan fingerprint density at radius 1 is 0.952 bits per heavy atom. The van der Waals surface area contributed by atoms with E-state index in [9.17, 15) is 13.2 Å².